The summed E-state index contributed by atoms with van der Waals surface area (Å²) in [4.78, 5) is 0. The predicted molar refractivity (Wildman–Crippen MR) is 70.8 cm³/mol. The van der Waals surface area contributed by atoms with Crippen LogP contribution in [0.1, 0.15) is 57.6 Å². The van der Waals surface area contributed by atoms with Gasteiger partial charge in [0.25, 0.3) is 0 Å². The van der Waals surface area contributed by atoms with Crippen molar-refractivity contribution >= 4 is 0 Å². The van der Waals surface area contributed by atoms with E-state index in [2.05, 4.69) is 26.8 Å². The maximum Gasteiger partial charge on any atom is 0.126 e. The standard InChI is InChI=1S/C16H23F/c1-16(2,3)14-9-10-15(17)13(11-14)8-7-12-5-4-6-12/h9-12H,4-8H2,1-3H3. The van der Waals surface area contributed by atoms with E-state index in [4.69, 9.17) is 0 Å². The Morgan fingerprint density at radius 2 is 1.94 bits per heavy atom. The summed E-state index contributed by atoms with van der Waals surface area (Å²) in [5.41, 5.74) is 2.26. The molecule has 1 fully saturated rings. The maximum absolute atomic E-state index is 13.7. The van der Waals surface area contributed by atoms with Crippen LogP contribution in [0.5, 0.6) is 0 Å². The SMILES string of the molecule is CC(C)(C)c1ccc(F)c(CCC2CCC2)c1. The van der Waals surface area contributed by atoms with Crippen LogP contribution in [0.15, 0.2) is 18.2 Å². The molecule has 0 nitrogen and oxygen atoms in total. The molecular formula is C16H23F. The highest BCUT2D eigenvalue weighted by Gasteiger charge is 2.19. The van der Waals surface area contributed by atoms with Crippen molar-refractivity contribution in [3.8, 4) is 0 Å². The summed E-state index contributed by atoms with van der Waals surface area (Å²) in [7, 11) is 0. The van der Waals surface area contributed by atoms with Gasteiger partial charge in [0.05, 0.1) is 0 Å². The third-order valence-corrected chi connectivity index (χ3v) is 3.96. The minimum atomic E-state index is -0.0303. The number of hydrogen-bond acceptors (Lipinski definition) is 0. The van der Waals surface area contributed by atoms with Crippen LogP contribution in [-0.2, 0) is 11.8 Å². The molecule has 0 spiro atoms. The summed E-state index contributed by atoms with van der Waals surface area (Å²) in [6.45, 7) is 6.53. The maximum atomic E-state index is 13.7. The molecule has 1 aromatic carbocycles. The fourth-order valence-electron chi connectivity index (χ4n) is 2.37. The van der Waals surface area contributed by atoms with Crippen LogP contribution >= 0.6 is 0 Å². The van der Waals surface area contributed by atoms with Crippen LogP contribution in [0.4, 0.5) is 4.39 Å². The van der Waals surface area contributed by atoms with Crippen LogP contribution in [0, 0.1) is 11.7 Å². The molecule has 1 aliphatic rings. The van der Waals surface area contributed by atoms with Crippen LogP contribution < -0.4 is 0 Å². The summed E-state index contributed by atoms with van der Waals surface area (Å²) in [5, 5.41) is 0. The van der Waals surface area contributed by atoms with E-state index in [0.29, 0.717) is 0 Å². The highest BCUT2D eigenvalue weighted by molar-refractivity contribution is 5.30. The Morgan fingerprint density at radius 3 is 2.47 bits per heavy atom. The lowest BCUT2D eigenvalue weighted by Gasteiger charge is -2.25. The molecule has 94 valence electrons. The third kappa shape index (κ3) is 3.08. The van der Waals surface area contributed by atoms with Gasteiger partial charge in [-0.2, -0.15) is 0 Å². The molecule has 0 aliphatic heterocycles. The molecule has 0 N–H and O–H groups in total. The average molecular weight is 234 g/mol. The molecule has 0 atom stereocenters. The Kier molecular flexibility index (Phi) is 3.56. The lowest BCUT2D eigenvalue weighted by Crippen LogP contribution is -2.14. The molecule has 0 radical (unpaired) electrons. The van der Waals surface area contributed by atoms with E-state index in [1.54, 1.807) is 6.07 Å². The molecular weight excluding hydrogens is 211 g/mol. The van der Waals surface area contributed by atoms with E-state index < -0.39 is 0 Å². The zero-order valence-corrected chi connectivity index (χ0v) is 11.2. The van der Waals surface area contributed by atoms with Gasteiger partial charge in [0, 0.05) is 0 Å². The molecule has 1 aromatic rings. The molecule has 0 aromatic heterocycles. The van der Waals surface area contributed by atoms with E-state index in [1.807, 2.05) is 6.07 Å². The number of benzene rings is 1. The van der Waals surface area contributed by atoms with Crippen LogP contribution in [0.2, 0.25) is 0 Å². The summed E-state index contributed by atoms with van der Waals surface area (Å²) < 4.78 is 13.7. The summed E-state index contributed by atoms with van der Waals surface area (Å²) in [5.74, 6) is 0.824. The van der Waals surface area contributed by atoms with E-state index in [0.717, 1.165) is 24.3 Å². The molecule has 1 aliphatic carbocycles. The first-order valence-corrected chi connectivity index (χ1v) is 6.76. The first-order chi connectivity index (χ1) is 7.97. The molecule has 0 bridgehead atoms. The molecule has 0 saturated heterocycles. The van der Waals surface area contributed by atoms with Crippen molar-refractivity contribution in [2.75, 3.05) is 0 Å². The first kappa shape index (κ1) is 12.6. The Labute approximate surface area is 104 Å². The fourth-order valence-corrected chi connectivity index (χ4v) is 2.37. The van der Waals surface area contributed by atoms with Gasteiger partial charge < -0.3 is 0 Å². The second-order valence-corrected chi connectivity index (χ2v) is 6.39. The smallest absolute Gasteiger partial charge is 0.126 e. The van der Waals surface area contributed by atoms with E-state index in [1.165, 1.54) is 24.8 Å². The van der Waals surface area contributed by atoms with Gasteiger partial charge in [0.2, 0.25) is 0 Å². The van der Waals surface area contributed by atoms with Crippen LogP contribution in [0.25, 0.3) is 0 Å². The average Bonchev–Trinajstić information content (AvgIpc) is 2.16. The minimum Gasteiger partial charge on any atom is -0.207 e. The second kappa shape index (κ2) is 4.80. The molecule has 1 heteroatoms. The second-order valence-electron chi connectivity index (χ2n) is 6.39. The highest BCUT2D eigenvalue weighted by atomic mass is 19.1. The zero-order chi connectivity index (χ0) is 12.5. The van der Waals surface area contributed by atoms with Crippen molar-refractivity contribution in [1.82, 2.24) is 0 Å². The van der Waals surface area contributed by atoms with E-state index >= 15 is 0 Å². The number of hydrogen-bond donors (Lipinski definition) is 0. The summed E-state index contributed by atoms with van der Waals surface area (Å²) in [6, 6.07) is 5.62. The summed E-state index contributed by atoms with van der Waals surface area (Å²) >= 11 is 0. The third-order valence-electron chi connectivity index (χ3n) is 3.96. The van der Waals surface area contributed by atoms with Gasteiger partial charge in [-0.1, -0.05) is 52.2 Å². The largest absolute Gasteiger partial charge is 0.207 e. The zero-order valence-electron chi connectivity index (χ0n) is 11.2. The van der Waals surface area contributed by atoms with Crippen LogP contribution in [0.3, 0.4) is 0 Å². The molecule has 0 heterocycles. The Hall–Kier alpha value is -0.850. The van der Waals surface area contributed by atoms with Gasteiger partial charge >= 0.3 is 0 Å². The number of halogens is 1. The van der Waals surface area contributed by atoms with Crippen LogP contribution in [-0.4, -0.2) is 0 Å². The van der Waals surface area contributed by atoms with E-state index in [9.17, 15) is 4.39 Å². The monoisotopic (exact) mass is 234 g/mol. The van der Waals surface area contributed by atoms with Crippen molar-refractivity contribution in [3.63, 3.8) is 0 Å². The van der Waals surface area contributed by atoms with Crippen molar-refractivity contribution < 1.29 is 4.39 Å². The van der Waals surface area contributed by atoms with Gasteiger partial charge in [-0.25, -0.2) is 4.39 Å². The lowest BCUT2D eigenvalue weighted by atomic mass is 9.80. The number of aryl methyl sites for hydroxylation is 1. The van der Waals surface area contributed by atoms with Gasteiger partial charge in [-0.15, -0.1) is 0 Å². The summed E-state index contributed by atoms with van der Waals surface area (Å²) in [6.07, 6.45) is 6.13. The highest BCUT2D eigenvalue weighted by Crippen LogP contribution is 2.31. The molecule has 0 amide bonds. The Morgan fingerprint density at radius 1 is 1.24 bits per heavy atom. The Balaban J connectivity index is 2.08. The Bertz CT molecular complexity index is 383. The number of rotatable bonds is 3. The van der Waals surface area contributed by atoms with Crippen molar-refractivity contribution in [3.05, 3.63) is 35.1 Å². The van der Waals surface area contributed by atoms with Crippen molar-refractivity contribution in [1.29, 1.82) is 0 Å². The quantitative estimate of drug-likeness (QED) is 0.701. The van der Waals surface area contributed by atoms with Gasteiger partial charge in [0.15, 0.2) is 0 Å². The first-order valence-electron chi connectivity index (χ1n) is 6.76. The fraction of sp³-hybridized carbons (Fsp3) is 0.625. The molecule has 1 saturated carbocycles. The molecule has 17 heavy (non-hydrogen) atoms. The normalized spacial score (nSPS) is 16.9. The van der Waals surface area contributed by atoms with Gasteiger partial charge in [0.1, 0.15) is 5.82 Å². The topological polar surface area (TPSA) is 0 Å². The minimum absolute atomic E-state index is 0.0303. The predicted octanol–water partition coefficient (Wildman–Crippen LogP) is 4.86. The lowest BCUT2D eigenvalue weighted by molar-refractivity contribution is 0.295. The van der Waals surface area contributed by atoms with Gasteiger partial charge in [-0.3, -0.25) is 0 Å². The van der Waals surface area contributed by atoms with Gasteiger partial charge in [-0.05, 0) is 41.4 Å². The molecule has 0 unspecified atom stereocenters. The van der Waals surface area contributed by atoms with Crippen molar-refractivity contribution in [2.24, 2.45) is 5.92 Å². The van der Waals surface area contributed by atoms with E-state index in [-0.39, 0.29) is 11.2 Å². The van der Waals surface area contributed by atoms with Crippen molar-refractivity contribution in [2.45, 2.75) is 58.3 Å². The molecule has 2 rings (SSSR count).